The first-order valence-corrected chi connectivity index (χ1v) is 11.2. The van der Waals surface area contributed by atoms with Crippen LogP contribution in [0.1, 0.15) is 25.7 Å². The summed E-state index contributed by atoms with van der Waals surface area (Å²) < 4.78 is 1.63. The lowest BCUT2D eigenvalue weighted by molar-refractivity contribution is 0.180. The largest absolute Gasteiger partial charge is 0.322 e. The quantitative estimate of drug-likeness (QED) is 0.528. The highest BCUT2D eigenvalue weighted by molar-refractivity contribution is 6.42. The van der Waals surface area contributed by atoms with E-state index in [1.807, 2.05) is 51.0 Å². The molecule has 0 fully saturated rings. The number of hydrogen-bond donors (Lipinski definition) is 1. The molecule has 0 aliphatic rings. The Hall–Kier alpha value is -2.61. The van der Waals surface area contributed by atoms with Gasteiger partial charge >= 0.3 is 6.03 Å². The van der Waals surface area contributed by atoms with E-state index in [2.05, 4.69) is 5.32 Å². The van der Waals surface area contributed by atoms with Gasteiger partial charge in [0.1, 0.15) is 5.82 Å². The van der Waals surface area contributed by atoms with Crippen LogP contribution in [-0.2, 0) is 6.54 Å². The number of hydrogen-bond acceptors (Lipinski definition) is 4. The van der Waals surface area contributed by atoms with Crippen molar-refractivity contribution in [3.63, 3.8) is 0 Å². The molecule has 7 nitrogen and oxygen atoms in total. The summed E-state index contributed by atoms with van der Waals surface area (Å²) in [7, 11) is 3.88. The van der Waals surface area contributed by atoms with Gasteiger partial charge in [-0.1, -0.05) is 35.3 Å². The first-order valence-electron chi connectivity index (χ1n) is 10.4. The number of benzene rings is 2. The number of nitrogens with one attached hydrogen (secondary N) is 1. The van der Waals surface area contributed by atoms with Gasteiger partial charge in [-0.15, -0.1) is 0 Å². The fraction of sp³-hybridized carbons (Fsp3) is 0.348. The van der Waals surface area contributed by atoms with Crippen LogP contribution in [0.4, 0.5) is 10.5 Å². The Morgan fingerprint density at radius 1 is 1.12 bits per heavy atom. The zero-order valence-electron chi connectivity index (χ0n) is 18.6. The fourth-order valence-electron chi connectivity index (χ4n) is 3.50. The van der Waals surface area contributed by atoms with Gasteiger partial charge in [0.15, 0.2) is 0 Å². The van der Waals surface area contributed by atoms with Crippen molar-refractivity contribution in [1.82, 2.24) is 19.4 Å². The molecule has 2 aromatic carbocycles. The Balaban J connectivity index is 2.00. The van der Waals surface area contributed by atoms with Crippen LogP contribution in [0.15, 0.2) is 47.3 Å². The Morgan fingerprint density at radius 3 is 2.50 bits per heavy atom. The molecule has 2 amide bonds. The number of fused-ring (bicyclic) bond motifs is 1. The third-order valence-corrected chi connectivity index (χ3v) is 6.01. The summed E-state index contributed by atoms with van der Waals surface area (Å²) >= 11 is 12.1. The van der Waals surface area contributed by atoms with E-state index >= 15 is 0 Å². The topological polar surface area (TPSA) is 70.5 Å². The van der Waals surface area contributed by atoms with Gasteiger partial charge in [-0.2, -0.15) is 0 Å². The van der Waals surface area contributed by atoms with Gasteiger partial charge in [0.05, 0.1) is 27.0 Å². The first kappa shape index (κ1) is 24.0. The minimum atomic E-state index is -0.449. The molecule has 1 unspecified atom stereocenters. The highest BCUT2D eigenvalue weighted by atomic mass is 35.5. The molecule has 1 aromatic heterocycles. The van der Waals surface area contributed by atoms with E-state index in [0.717, 1.165) is 0 Å². The summed E-state index contributed by atoms with van der Waals surface area (Å²) in [4.78, 5) is 34.8. The number of urea groups is 1. The summed E-state index contributed by atoms with van der Waals surface area (Å²) in [5.41, 5.74) is 1.03. The Kier molecular flexibility index (Phi) is 7.77. The van der Waals surface area contributed by atoms with Crippen LogP contribution in [0.3, 0.4) is 0 Å². The van der Waals surface area contributed by atoms with Crippen LogP contribution in [0.25, 0.3) is 10.9 Å². The van der Waals surface area contributed by atoms with E-state index in [0.29, 0.717) is 52.1 Å². The second-order valence-electron chi connectivity index (χ2n) is 7.77. The summed E-state index contributed by atoms with van der Waals surface area (Å²) in [5, 5.41) is 4.21. The molecule has 0 saturated carbocycles. The van der Waals surface area contributed by atoms with Gasteiger partial charge in [-0.3, -0.25) is 9.36 Å². The van der Waals surface area contributed by atoms with Crippen molar-refractivity contribution in [3.05, 3.63) is 68.7 Å². The number of anilines is 1. The molecular weight excluding hydrogens is 449 g/mol. The van der Waals surface area contributed by atoms with E-state index in [-0.39, 0.29) is 11.6 Å². The Labute approximate surface area is 197 Å². The molecule has 0 aliphatic carbocycles. The molecule has 1 atom stereocenters. The molecule has 0 radical (unpaired) electrons. The van der Waals surface area contributed by atoms with Gasteiger partial charge < -0.3 is 15.1 Å². The molecule has 9 heteroatoms. The fourth-order valence-corrected chi connectivity index (χ4v) is 3.80. The van der Waals surface area contributed by atoms with Crippen LogP contribution >= 0.6 is 23.2 Å². The minimum absolute atomic E-state index is 0.114. The maximum atomic E-state index is 13.3. The van der Waals surface area contributed by atoms with Gasteiger partial charge in [-0.25, -0.2) is 9.78 Å². The van der Waals surface area contributed by atoms with Crippen molar-refractivity contribution >= 4 is 45.8 Å². The predicted octanol–water partition coefficient (Wildman–Crippen LogP) is 4.88. The molecule has 1 N–H and O–H groups in total. The molecule has 0 saturated heterocycles. The normalized spacial score (nSPS) is 12.2. The van der Waals surface area contributed by atoms with E-state index in [1.165, 1.54) is 0 Å². The summed E-state index contributed by atoms with van der Waals surface area (Å²) in [6, 6.07) is 11.4. The van der Waals surface area contributed by atoms with E-state index in [1.54, 1.807) is 33.7 Å². The van der Waals surface area contributed by atoms with Crippen molar-refractivity contribution in [2.24, 2.45) is 0 Å². The van der Waals surface area contributed by atoms with E-state index in [9.17, 15) is 9.59 Å². The second-order valence-corrected chi connectivity index (χ2v) is 8.58. The number of amides is 2. The predicted molar refractivity (Wildman–Crippen MR) is 131 cm³/mol. The molecule has 3 rings (SSSR count). The number of carbonyl (C=O) groups excluding carboxylic acids is 1. The Bertz CT molecular complexity index is 1180. The summed E-state index contributed by atoms with van der Waals surface area (Å²) in [6.45, 7) is 5.31. The third-order valence-electron chi connectivity index (χ3n) is 5.27. The van der Waals surface area contributed by atoms with Gasteiger partial charge in [-0.05, 0) is 58.3 Å². The van der Waals surface area contributed by atoms with Crippen molar-refractivity contribution in [3.8, 4) is 0 Å². The smallest absolute Gasteiger partial charge is 0.313 e. The lowest BCUT2D eigenvalue weighted by Gasteiger charge is -2.31. The van der Waals surface area contributed by atoms with Crippen molar-refractivity contribution < 1.29 is 4.79 Å². The first-order chi connectivity index (χ1) is 15.2. The molecule has 0 spiro atoms. The van der Waals surface area contributed by atoms with Crippen LogP contribution in [0.2, 0.25) is 10.0 Å². The number of para-hydroxylation sites is 1. The highest BCUT2D eigenvalue weighted by Crippen LogP contribution is 2.26. The zero-order chi connectivity index (χ0) is 23.4. The number of carbonyl (C=O) groups is 1. The SMILES string of the molecule is CCn1c(C(C)N(CCN(C)C)C(=O)Nc2ccc(Cl)c(Cl)c2)nc2ccccc2c1=O. The number of likely N-dealkylation sites (N-methyl/N-ethyl adjacent to an activating group) is 1. The van der Waals surface area contributed by atoms with Gasteiger partial charge in [0.2, 0.25) is 0 Å². The number of nitrogens with zero attached hydrogens (tertiary/aromatic N) is 4. The second kappa shape index (κ2) is 10.3. The maximum Gasteiger partial charge on any atom is 0.322 e. The van der Waals surface area contributed by atoms with Crippen LogP contribution in [-0.4, -0.2) is 52.6 Å². The van der Waals surface area contributed by atoms with E-state index in [4.69, 9.17) is 28.2 Å². The molecule has 170 valence electrons. The standard InChI is InChI=1S/C23H27Cl2N5O2/c1-5-29-21(27-20-9-7-6-8-17(20)22(29)31)15(2)30(13-12-28(3)4)23(32)26-16-10-11-18(24)19(25)14-16/h6-11,14-15H,5,12-13H2,1-4H3,(H,26,32). The summed E-state index contributed by atoms with van der Waals surface area (Å²) in [6.07, 6.45) is 0. The lowest BCUT2D eigenvalue weighted by atomic mass is 10.2. The van der Waals surface area contributed by atoms with Crippen LogP contribution < -0.4 is 10.9 Å². The molecule has 0 bridgehead atoms. The Morgan fingerprint density at radius 2 is 1.84 bits per heavy atom. The number of aromatic nitrogens is 2. The maximum absolute atomic E-state index is 13.3. The van der Waals surface area contributed by atoms with Crippen molar-refractivity contribution in [2.75, 3.05) is 32.5 Å². The van der Waals surface area contributed by atoms with Crippen molar-refractivity contribution in [1.29, 1.82) is 0 Å². The lowest BCUT2D eigenvalue weighted by Crippen LogP contribution is -2.43. The molecule has 32 heavy (non-hydrogen) atoms. The molecular formula is C23H27Cl2N5O2. The highest BCUT2D eigenvalue weighted by Gasteiger charge is 2.26. The van der Waals surface area contributed by atoms with Gasteiger partial charge in [0.25, 0.3) is 5.56 Å². The summed E-state index contributed by atoms with van der Waals surface area (Å²) in [5.74, 6) is 0.541. The monoisotopic (exact) mass is 475 g/mol. The third kappa shape index (κ3) is 5.23. The van der Waals surface area contributed by atoms with Crippen LogP contribution in [0, 0.1) is 0 Å². The molecule has 0 aliphatic heterocycles. The average Bonchev–Trinajstić information content (AvgIpc) is 2.76. The van der Waals surface area contributed by atoms with Gasteiger partial charge in [0, 0.05) is 25.3 Å². The van der Waals surface area contributed by atoms with E-state index < -0.39 is 6.04 Å². The molecule has 1 heterocycles. The zero-order valence-corrected chi connectivity index (χ0v) is 20.1. The van der Waals surface area contributed by atoms with Crippen LogP contribution in [0.5, 0.6) is 0 Å². The molecule has 3 aromatic rings. The number of halogens is 2. The van der Waals surface area contributed by atoms with Crippen molar-refractivity contribution in [2.45, 2.75) is 26.4 Å². The average molecular weight is 476 g/mol. The minimum Gasteiger partial charge on any atom is -0.313 e. The number of rotatable bonds is 7.